The van der Waals surface area contributed by atoms with Gasteiger partial charge in [-0.2, -0.15) is 0 Å². The number of anilines is 1. The Kier molecular flexibility index (Phi) is 5.21. The van der Waals surface area contributed by atoms with Gasteiger partial charge in [-0.1, -0.05) is 36.4 Å². The van der Waals surface area contributed by atoms with Gasteiger partial charge in [-0.15, -0.1) is 11.3 Å². The van der Waals surface area contributed by atoms with Gasteiger partial charge in [0, 0.05) is 17.1 Å². The predicted molar refractivity (Wildman–Crippen MR) is 109 cm³/mol. The summed E-state index contributed by atoms with van der Waals surface area (Å²) in [5, 5.41) is 2.44. The lowest BCUT2D eigenvalue weighted by molar-refractivity contribution is 0.0980. The van der Waals surface area contributed by atoms with Crippen LogP contribution in [-0.4, -0.2) is 15.9 Å². The molecule has 0 unspecified atom stereocenters. The molecule has 0 fully saturated rings. The summed E-state index contributed by atoms with van der Waals surface area (Å²) in [6.45, 7) is 0.382. The maximum absolute atomic E-state index is 13.2. The van der Waals surface area contributed by atoms with Gasteiger partial charge >= 0.3 is 0 Å². The fourth-order valence-electron chi connectivity index (χ4n) is 2.76. The number of carbonyl (C=O) groups excluding carboxylic acids is 1. The van der Waals surface area contributed by atoms with Gasteiger partial charge in [-0.25, -0.2) is 9.37 Å². The van der Waals surface area contributed by atoms with Crippen LogP contribution in [0.4, 0.5) is 9.52 Å². The summed E-state index contributed by atoms with van der Waals surface area (Å²) in [6, 6.07) is 21.1. The topological polar surface area (TPSA) is 46.1 Å². The fraction of sp³-hybridized carbons (Fsp3) is 0.0455. The van der Waals surface area contributed by atoms with E-state index in [1.165, 1.54) is 23.5 Å². The number of benzene rings is 2. The van der Waals surface area contributed by atoms with Gasteiger partial charge in [0.05, 0.1) is 12.2 Å². The first-order chi connectivity index (χ1) is 13.7. The van der Waals surface area contributed by atoms with Crippen LogP contribution in [0.5, 0.6) is 0 Å². The van der Waals surface area contributed by atoms with Crippen molar-refractivity contribution < 1.29 is 9.18 Å². The number of pyridine rings is 1. The van der Waals surface area contributed by atoms with Gasteiger partial charge in [0.25, 0.3) is 5.91 Å². The van der Waals surface area contributed by atoms with Gasteiger partial charge in [-0.05, 0) is 42.0 Å². The molecule has 0 saturated heterocycles. The number of hydrogen-bond acceptors (Lipinski definition) is 4. The van der Waals surface area contributed by atoms with Crippen molar-refractivity contribution in [1.29, 1.82) is 0 Å². The van der Waals surface area contributed by atoms with E-state index >= 15 is 0 Å². The van der Waals surface area contributed by atoms with Crippen molar-refractivity contribution >= 4 is 22.4 Å². The Balaban J connectivity index is 1.69. The zero-order valence-electron chi connectivity index (χ0n) is 14.8. The number of hydrogen-bond donors (Lipinski definition) is 0. The molecule has 4 aromatic rings. The van der Waals surface area contributed by atoms with Crippen molar-refractivity contribution in [3.8, 4) is 11.3 Å². The second-order valence-corrected chi connectivity index (χ2v) is 6.95. The van der Waals surface area contributed by atoms with Crippen LogP contribution in [-0.2, 0) is 6.54 Å². The van der Waals surface area contributed by atoms with Gasteiger partial charge in [0.15, 0.2) is 5.13 Å². The predicted octanol–water partition coefficient (Wildman–Crippen LogP) is 5.19. The third-order valence-corrected chi connectivity index (χ3v) is 5.04. The van der Waals surface area contributed by atoms with Crippen LogP contribution >= 0.6 is 11.3 Å². The zero-order chi connectivity index (χ0) is 19.3. The molecule has 2 aromatic carbocycles. The molecule has 0 spiro atoms. The Hall–Kier alpha value is -3.38. The second kappa shape index (κ2) is 8.10. The van der Waals surface area contributed by atoms with Crippen LogP contribution < -0.4 is 4.90 Å². The average Bonchev–Trinajstić information content (AvgIpc) is 3.23. The first-order valence-electron chi connectivity index (χ1n) is 8.69. The Morgan fingerprint density at radius 2 is 1.71 bits per heavy atom. The highest BCUT2D eigenvalue weighted by molar-refractivity contribution is 7.14. The molecule has 0 aliphatic heterocycles. The van der Waals surface area contributed by atoms with Crippen molar-refractivity contribution in [2.75, 3.05) is 4.90 Å². The molecular weight excluding hydrogens is 373 g/mol. The van der Waals surface area contributed by atoms with Gasteiger partial charge < -0.3 is 0 Å². The van der Waals surface area contributed by atoms with E-state index in [1.54, 1.807) is 41.4 Å². The highest BCUT2D eigenvalue weighted by atomic mass is 32.1. The molecule has 0 radical (unpaired) electrons. The SMILES string of the molecule is O=C(c1ccccn1)N(Cc1ccccc1)c1nc(-c2ccc(F)cc2)cs1. The number of nitrogens with zero attached hydrogens (tertiary/aromatic N) is 3. The molecule has 28 heavy (non-hydrogen) atoms. The summed E-state index contributed by atoms with van der Waals surface area (Å²) in [5.41, 5.74) is 2.85. The zero-order valence-corrected chi connectivity index (χ0v) is 15.6. The third kappa shape index (κ3) is 3.97. The molecule has 138 valence electrons. The summed E-state index contributed by atoms with van der Waals surface area (Å²) < 4.78 is 13.2. The van der Waals surface area contributed by atoms with E-state index in [2.05, 4.69) is 9.97 Å². The first kappa shape index (κ1) is 18.0. The minimum absolute atomic E-state index is 0.218. The Morgan fingerprint density at radius 1 is 0.964 bits per heavy atom. The average molecular weight is 389 g/mol. The first-order valence-corrected chi connectivity index (χ1v) is 9.57. The molecule has 1 amide bonds. The van der Waals surface area contributed by atoms with E-state index in [1.807, 2.05) is 35.7 Å². The maximum atomic E-state index is 13.2. The number of rotatable bonds is 5. The van der Waals surface area contributed by atoms with Crippen molar-refractivity contribution in [3.63, 3.8) is 0 Å². The Morgan fingerprint density at radius 3 is 2.43 bits per heavy atom. The summed E-state index contributed by atoms with van der Waals surface area (Å²) in [4.78, 5) is 23.6. The van der Waals surface area contributed by atoms with Crippen LogP contribution in [0.2, 0.25) is 0 Å². The van der Waals surface area contributed by atoms with E-state index in [0.29, 0.717) is 23.1 Å². The molecule has 0 aliphatic carbocycles. The second-order valence-electron chi connectivity index (χ2n) is 6.11. The number of aromatic nitrogens is 2. The summed E-state index contributed by atoms with van der Waals surface area (Å²) in [7, 11) is 0. The normalized spacial score (nSPS) is 10.6. The molecule has 6 heteroatoms. The molecule has 0 aliphatic rings. The maximum Gasteiger partial charge on any atom is 0.278 e. The lowest BCUT2D eigenvalue weighted by Gasteiger charge is -2.19. The van der Waals surface area contributed by atoms with Crippen molar-refractivity contribution in [1.82, 2.24) is 9.97 Å². The molecule has 0 saturated carbocycles. The lowest BCUT2D eigenvalue weighted by Crippen LogP contribution is -2.31. The van der Waals surface area contributed by atoms with E-state index in [-0.39, 0.29) is 11.7 Å². The smallest absolute Gasteiger partial charge is 0.278 e. The van der Waals surface area contributed by atoms with Gasteiger partial charge in [0.2, 0.25) is 0 Å². The fourth-order valence-corrected chi connectivity index (χ4v) is 3.59. The minimum Gasteiger partial charge on any atom is -0.278 e. The standard InChI is InChI=1S/C22H16FN3OS/c23-18-11-9-17(10-12-18)20-15-28-22(25-20)26(14-16-6-2-1-3-7-16)21(27)19-8-4-5-13-24-19/h1-13,15H,14H2. The number of amides is 1. The minimum atomic E-state index is -0.296. The summed E-state index contributed by atoms with van der Waals surface area (Å²) >= 11 is 1.37. The van der Waals surface area contributed by atoms with Gasteiger partial charge in [-0.3, -0.25) is 14.7 Å². The van der Waals surface area contributed by atoms with Crippen molar-refractivity contribution in [2.24, 2.45) is 0 Å². The Labute approximate surface area is 165 Å². The van der Waals surface area contributed by atoms with Crippen molar-refractivity contribution in [3.05, 3.63) is 101 Å². The molecular formula is C22H16FN3OS. The van der Waals surface area contributed by atoms with Crippen LogP contribution in [0.1, 0.15) is 16.1 Å². The van der Waals surface area contributed by atoms with E-state index in [0.717, 1.165) is 11.1 Å². The third-order valence-electron chi connectivity index (χ3n) is 4.18. The van der Waals surface area contributed by atoms with Crippen LogP contribution in [0, 0.1) is 5.82 Å². The monoisotopic (exact) mass is 389 g/mol. The summed E-state index contributed by atoms with van der Waals surface area (Å²) in [6.07, 6.45) is 1.60. The van der Waals surface area contributed by atoms with E-state index in [9.17, 15) is 9.18 Å². The molecule has 2 heterocycles. The molecule has 4 nitrogen and oxygen atoms in total. The Bertz CT molecular complexity index is 1070. The summed E-state index contributed by atoms with van der Waals surface area (Å²) in [5.74, 6) is -0.514. The van der Waals surface area contributed by atoms with Crippen LogP contribution in [0.25, 0.3) is 11.3 Å². The molecule has 4 rings (SSSR count). The molecule has 2 aromatic heterocycles. The quantitative estimate of drug-likeness (QED) is 0.472. The molecule has 0 bridgehead atoms. The van der Waals surface area contributed by atoms with E-state index in [4.69, 9.17) is 0 Å². The number of thiazole rings is 1. The van der Waals surface area contributed by atoms with Crippen LogP contribution in [0.3, 0.4) is 0 Å². The lowest BCUT2D eigenvalue weighted by atomic mass is 10.2. The number of halogens is 1. The van der Waals surface area contributed by atoms with Crippen LogP contribution in [0.15, 0.2) is 84.4 Å². The highest BCUT2D eigenvalue weighted by Crippen LogP contribution is 2.29. The highest BCUT2D eigenvalue weighted by Gasteiger charge is 2.22. The molecule has 0 atom stereocenters. The van der Waals surface area contributed by atoms with Gasteiger partial charge in [0.1, 0.15) is 11.5 Å². The number of carbonyl (C=O) groups is 1. The molecule has 0 N–H and O–H groups in total. The van der Waals surface area contributed by atoms with Crippen molar-refractivity contribution in [2.45, 2.75) is 6.54 Å². The largest absolute Gasteiger partial charge is 0.278 e. The van der Waals surface area contributed by atoms with E-state index < -0.39 is 0 Å².